The zero-order valence-electron chi connectivity index (χ0n) is 24.1. The largest absolute Gasteiger partial charge is 0.437 e. The highest BCUT2D eigenvalue weighted by Crippen LogP contribution is 2.44. The van der Waals surface area contributed by atoms with Gasteiger partial charge in [-0.05, 0) is 66.2 Å². The number of aryl methyl sites for hydroxylation is 1. The molecule has 0 aliphatic heterocycles. The van der Waals surface area contributed by atoms with E-state index in [9.17, 15) is 14.0 Å². The van der Waals surface area contributed by atoms with E-state index in [2.05, 4.69) is 25.4 Å². The highest BCUT2D eigenvalue weighted by Gasteiger charge is 2.24. The number of pyridine rings is 2. The van der Waals surface area contributed by atoms with Crippen LogP contribution in [-0.4, -0.2) is 35.2 Å². The predicted molar refractivity (Wildman–Crippen MR) is 168 cm³/mol. The minimum Gasteiger partial charge on any atom is -0.437 e. The number of rotatable bonds is 7. The van der Waals surface area contributed by atoms with Crippen molar-refractivity contribution in [2.24, 2.45) is 7.05 Å². The molecule has 0 saturated carbocycles. The standard InChI is InChI=1S/C33H23FN8O4/c1-41-17-20(15-39-41)29-27(19-4-2-5-22(35)14-19)28-31(37-18-38-32(28)46-29)45-24-11-12-26(36-16-24)40-30(43)25-6-3-13-42(33(25)44)23-9-7-21(34)8-10-23/h2-18H,35H2,1H3,(H,36,40,43). The fourth-order valence-corrected chi connectivity index (χ4v) is 4.98. The maximum absolute atomic E-state index is 13.4. The second-order valence-corrected chi connectivity index (χ2v) is 10.2. The molecule has 0 fully saturated rings. The Labute approximate surface area is 259 Å². The molecule has 5 heterocycles. The van der Waals surface area contributed by atoms with Crippen LogP contribution in [0.4, 0.5) is 15.9 Å². The third kappa shape index (κ3) is 5.32. The third-order valence-electron chi connectivity index (χ3n) is 7.09. The third-order valence-corrected chi connectivity index (χ3v) is 7.09. The van der Waals surface area contributed by atoms with E-state index in [1.54, 1.807) is 29.1 Å². The van der Waals surface area contributed by atoms with Crippen LogP contribution >= 0.6 is 0 Å². The van der Waals surface area contributed by atoms with Crippen LogP contribution in [0.2, 0.25) is 0 Å². The highest BCUT2D eigenvalue weighted by molar-refractivity contribution is 6.04. The summed E-state index contributed by atoms with van der Waals surface area (Å²) < 4.78 is 28.6. The first-order chi connectivity index (χ1) is 22.3. The number of nitrogens with two attached hydrogens (primary N) is 1. The van der Waals surface area contributed by atoms with Crippen LogP contribution in [0.1, 0.15) is 10.4 Å². The van der Waals surface area contributed by atoms with Crippen LogP contribution < -0.4 is 21.3 Å². The number of carbonyl (C=O) groups excluding carboxylic acids is 1. The average molecular weight is 615 g/mol. The Hall–Kier alpha value is -6.63. The number of fused-ring (bicyclic) bond motifs is 1. The number of hydrogen-bond donors (Lipinski definition) is 2. The van der Waals surface area contributed by atoms with Gasteiger partial charge in [-0.25, -0.2) is 19.3 Å². The van der Waals surface area contributed by atoms with E-state index in [1.165, 1.54) is 59.7 Å². The number of anilines is 2. The van der Waals surface area contributed by atoms with Crippen LogP contribution in [0.5, 0.6) is 11.6 Å². The summed E-state index contributed by atoms with van der Waals surface area (Å²) in [6.07, 6.45) is 7.75. The number of hydrogen-bond acceptors (Lipinski definition) is 9. The Kier molecular flexibility index (Phi) is 7.02. The van der Waals surface area contributed by atoms with Gasteiger partial charge in [-0.3, -0.25) is 18.8 Å². The number of ether oxygens (including phenoxy) is 1. The summed E-state index contributed by atoms with van der Waals surface area (Å²) in [5.74, 6) is 0.145. The monoisotopic (exact) mass is 614 g/mol. The summed E-state index contributed by atoms with van der Waals surface area (Å²) >= 11 is 0. The summed E-state index contributed by atoms with van der Waals surface area (Å²) in [6.45, 7) is 0. The predicted octanol–water partition coefficient (Wildman–Crippen LogP) is 5.60. The van der Waals surface area contributed by atoms with Gasteiger partial charge in [-0.2, -0.15) is 5.10 Å². The van der Waals surface area contributed by atoms with Crippen molar-refractivity contribution in [1.82, 2.24) is 29.3 Å². The molecule has 0 saturated heterocycles. The molecule has 0 atom stereocenters. The fourth-order valence-electron chi connectivity index (χ4n) is 4.98. The number of nitrogens with zero attached hydrogens (tertiary/aromatic N) is 6. The Morgan fingerprint density at radius 2 is 1.83 bits per heavy atom. The lowest BCUT2D eigenvalue weighted by Gasteiger charge is -2.10. The van der Waals surface area contributed by atoms with Crippen LogP contribution in [-0.2, 0) is 7.05 Å². The van der Waals surface area contributed by atoms with E-state index in [0.717, 1.165) is 11.1 Å². The number of nitrogen functional groups attached to an aromatic ring is 1. The summed E-state index contributed by atoms with van der Waals surface area (Å²) in [5.41, 5.74) is 8.90. The van der Waals surface area contributed by atoms with Crippen LogP contribution in [0, 0.1) is 5.82 Å². The summed E-state index contributed by atoms with van der Waals surface area (Å²) in [7, 11) is 1.81. The van der Waals surface area contributed by atoms with Crippen LogP contribution in [0.15, 0.2) is 113 Å². The number of aromatic nitrogens is 6. The lowest BCUT2D eigenvalue weighted by atomic mass is 10.0. The molecule has 12 nitrogen and oxygen atoms in total. The number of benzene rings is 2. The quantitative estimate of drug-likeness (QED) is 0.218. The van der Waals surface area contributed by atoms with Gasteiger partial charge in [0.2, 0.25) is 11.6 Å². The average Bonchev–Trinajstić information content (AvgIpc) is 3.67. The van der Waals surface area contributed by atoms with Crippen LogP contribution in [0.25, 0.3) is 39.2 Å². The van der Waals surface area contributed by atoms with E-state index >= 15 is 0 Å². The molecule has 46 heavy (non-hydrogen) atoms. The highest BCUT2D eigenvalue weighted by atomic mass is 19.1. The van der Waals surface area contributed by atoms with Gasteiger partial charge >= 0.3 is 0 Å². The fraction of sp³-hybridized carbons (Fsp3) is 0.0303. The van der Waals surface area contributed by atoms with Crippen molar-refractivity contribution in [1.29, 1.82) is 0 Å². The molecule has 7 rings (SSSR count). The maximum Gasteiger partial charge on any atom is 0.267 e. The van der Waals surface area contributed by atoms with E-state index in [4.69, 9.17) is 14.9 Å². The van der Waals surface area contributed by atoms with Gasteiger partial charge in [0.25, 0.3) is 11.5 Å². The van der Waals surface area contributed by atoms with Crippen molar-refractivity contribution in [2.75, 3.05) is 11.1 Å². The SMILES string of the molecule is Cn1cc(-c2oc3ncnc(Oc4ccc(NC(=O)c5cccn(-c6ccc(F)cc6)c5=O)nc4)c3c2-c2cccc(N)c2)cn1. The second kappa shape index (κ2) is 11.5. The minimum absolute atomic E-state index is 0.115. The van der Waals surface area contributed by atoms with Gasteiger partial charge in [0.15, 0.2) is 0 Å². The minimum atomic E-state index is -0.659. The molecule has 0 radical (unpaired) electrons. The van der Waals surface area contributed by atoms with Crippen molar-refractivity contribution in [3.05, 3.63) is 126 Å². The number of amides is 1. The topological polar surface area (TPSA) is 156 Å². The first-order valence-electron chi connectivity index (χ1n) is 13.9. The number of nitrogens with one attached hydrogen (secondary N) is 1. The Morgan fingerprint density at radius 3 is 2.57 bits per heavy atom. The molecule has 1 amide bonds. The molecule has 3 N–H and O–H groups in total. The van der Waals surface area contributed by atoms with E-state index in [-0.39, 0.29) is 17.3 Å². The van der Waals surface area contributed by atoms with Gasteiger partial charge in [0, 0.05) is 36.4 Å². The zero-order valence-corrected chi connectivity index (χ0v) is 24.1. The molecule has 2 aromatic carbocycles. The smallest absolute Gasteiger partial charge is 0.267 e. The van der Waals surface area contributed by atoms with E-state index in [0.29, 0.717) is 39.5 Å². The Bertz CT molecular complexity index is 2290. The molecule has 0 bridgehead atoms. The summed E-state index contributed by atoms with van der Waals surface area (Å²) in [4.78, 5) is 39.0. The Balaban J connectivity index is 1.18. The first kappa shape index (κ1) is 28.2. The van der Waals surface area contributed by atoms with Crippen molar-refractivity contribution in [3.8, 4) is 39.8 Å². The summed E-state index contributed by atoms with van der Waals surface area (Å²) in [6, 6.07) is 18.8. The zero-order chi connectivity index (χ0) is 31.8. The normalized spacial score (nSPS) is 11.1. The van der Waals surface area contributed by atoms with Gasteiger partial charge in [0.05, 0.1) is 18.0 Å². The van der Waals surface area contributed by atoms with Gasteiger partial charge < -0.3 is 20.2 Å². The molecule has 13 heteroatoms. The number of furan rings is 1. The van der Waals surface area contributed by atoms with Crippen molar-refractivity contribution < 1.29 is 18.3 Å². The van der Waals surface area contributed by atoms with Crippen molar-refractivity contribution >= 4 is 28.5 Å². The summed E-state index contributed by atoms with van der Waals surface area (Å²) in [5, 5.41) is 7.42. The maximum atomic E-state index is 13.4. The lowest BCUT2D eigenvalue weighted by molar-refractivity contribution is 0.102. The van der Waals surface area contributed by atoms with Gasteiger partial charge in [-0.1, -0.05) is 12.1 Å². The molecule has 0 aliphatic rings. The lowest BCUT2D eigenvalue weighted by Crippen LogP contribution is -2.28. The Morgan fingerprint density at radius 1 is 0.978 bits per heavy atom. The first-order valence-corrected chi connectivity index (χ1v) is 13.9. The van der Waals surface area contributed by atoms with Crippen LogP contribution in [0.3, 0.4) is 0 Å². The van der Waals surface area contributed by atoms with E-state index < -0.39 is 17.3 Å². The molecule has 226 valence electrons. The number of carbonyl (C=O) groups is 1. The molecule has 0 unspecified atom stereocenters. The molecule has 0 aliphatic carbocycles. The van der Waals surface area contributed by atoms with E-state index in [1.807, 2.05) is 31.4 Å². The van der Waals surface area contributed by atoms with Crippen molar-refractivity contribution in [3.63, 3.8) is 0 Å². The van der Waals surface area contributed by atoms with Gasteiger partial charge in [-0.15, -0.1) is 0 Å². The molecule has 7 aromatic rings. The molecule has 0 spiro atoms. The molecular formula is C33H23FN8O4. The van der Waals surface area contributed by atoms with Crippen molar-refractivity contribution in [2.45, 2.75) is 0 Å². The second-order valence-electron chi connectivity index (χ2n) is 10.2. The van der Waals surface area contributed by atoms with Gasteiger partial charge in [0.1, 0.15) is 40.4 Å². The molecular weight excluding hydrogens is 591 g/mol. The number of halogens is 1. The molecule has 5 aromatic heterocycles.